The molecule has 0 aliphatic carbocycles. The largest absolute Gasteiger partial charge is 0.490 e. The van der Waals surface area contributed by atoms with Crippen molar-refractivity contribution in [2.45, 2.75) is 19.0 Å². The molecule has 0 radical (unpaired) electrons. The molecule has 10 nitrogen and oxygen atoms in total. The second-order valence-electron chi connectivity index (χ2n) is 7.08. The molecule has 0 saturated carbocycles. The van der Waals surface area contributed by atoms with E-state index < -0.39 is 18.2 Å². The molecule has 6 bridgehead atoms. The van der Waals surface area contributed by atoms with Crippen LogP contribution in [0.2, 0.25) is 5.02 Å². The number of carbonyl (C=O) groups excluding carboxylic acids is 1. The smallest absolute Gasteiger partial charge is 0.475 e. The lowest BCUT2D eigenvalue weighted by atomic mass is 10.0. The van der Waals surface area contributed by atoms with Crippen LogP contribution in [0, 0.1) is 0 Å². The van der Waals surface area contributed by atoms with Gasteiger partial charge in [-0.05, 0) is 54.3 Å². The number of alkyl halides is 3. The molecule has 35 heavy (non-hydrogen) atoms. The van der Waals surface area contributed by atoms with Gasteiger partial charge in [-0.2, -0.15) is 18.2 Å². The summed E-state index contributed by atoms with van der Waals surface area (Å²) in [5.74, 6) is -1.86. The molecule has 2 amide bonds. The molecular weight excluding hydrogens is 493 g/mol. The molecule has 2 heterocycles. The van der Waals surface area contributed by atoms with Gasteiger partial charge in [-0.1, -0.05) is 23.7 Å². The number of anilines is 5. The molecule has 0 atom stereocenters. The van der Waals surface area contributed by atoms with Crippen molar-refractivity contribution in [3.05, 3.63) is 64.8 Å². The van der Waals surface area contributed by atoms with E-state index in [2.05, 4.69) is 25.9 Å². The van der Waals surface area contributed by atoms with Gasteiger partial charge in [0.25, 0.3) is 0 Å². The lowest BCUT2D eigenvalue weighted by molar-refractivity contribution is -0.192. The van der Waals surface area contributed by atoms with Gasteiger partial charge in [-0.25, -0.2) is 20.1 Å². The normalized spacial score (nSPS) is 12.1. The van der Waals surface area contributed by atoms with Crippen LogP contribution in [0.1, 0.15) is 11.1 Å². The van der Waals surface area contributed by atoms with E-state index in [1.165, 1.54) is 6.20 Å². The maximum atomic E-state index is 11.5. The number of amides is 2. The summed E-state index contributed by atoms with van der Waals surface area (Å²) in [5.41, 5.74) is 5.85. The molecule has 1 aliphatic heterocycles. The molecule has 0 unspecified atom stereocenters. The zero-order chi connectivity index (χ0) is 25.6. The minimum Gasteiger partial charge on any atom is -0.475 e. The van der Waals surface area contributed by atoms with E-state index in [4.69, 9.17) is 26.7 Å². The quantitative estimate of drug-likeness (QED) is 0.201. The minimum atomic E-state index is -5.08. The predicted molar refractivity (Wildman–Crippen MR) is 122 cm³/mol. The summed E-state index contributed by atoms with van der Waals surface area (Å²) in [5, 5.41) is 25.3. The van der Waals surface area contributed by atoms with Gasteiger partial charge in [0.1, 0.15) is 5.02 Å². The van der Waals surface area contributed by atoms with Crippen LogP contribution in [-0.4, -0.2) is 38.5 Å². The van der Waals surface area contributed by atoms with Crippen LogP contribution in [-0.2, 0) is 17.6 Å². The number of nitrogens with zero attached hydrogens (tertiary/aromatic N) is 2. The van der Waals surface area contributed by atoms with Crippen molar-refractivity contribution in [1.29, 1.82) is 0 Å². The standard InChI is InChI=1S/C19H17ClN6O2.C2HF3O2/c20-15-10-21-18-23-13-3-1-2-11(8-13)4-5-12-9-14(22-17(15)25-18)6-7-16(12)24-19(27)26-28;3-2(4,5)1(6)7/h1-3,6-10,28H,4-5H2,(H2,24,26,27)(H2,21,22,23,25);(H,6,7). The second kappa shape index (κ2) is 10.9. The van der Waals surface area contributed by atoms with Gasteiger partial charge in [0, 0.05) is 17.1 Å². The molecule has 1 aliphatic rings. The number of halogens is 4. The van der Waals surface area contributed by atoms with Gasteiger partial charge in [-0.3, -0.25) is 5.21 Å². The van der Waals surface area contributed by atoms with Crippen molar-refractivity contribution in [1.82, 2.24) is 15.4 Å². The monoisotopic (exact) mass is 510 g/mol. The fraction of sp³-hybridized carbons (Fsp3) is 0.143. The summed E-state index contributed by atoms with van der Waals surface area (Å²) >= 11 is 6.24. The van der Waals surface area contributed by atoms with Crippen LogP contribution in [0.25, 0.3) is 0 Å². The van der Waals surface area contributed by atoms with Crippen molar-refractivity contribution in [2.24, 2.45) is 0 Å². The fourth-order valence-corrected chi connectivity index (χ4v) is 3.15. The highest BCUT2D eigenvalue weighted by Gasteiger charge is 2.38. The topological polar surface area (TPSA) is 148 Å². The molecule has 14 heteroatoms. The molecule has 6 N–H and O–H groups in total. The molecule has 184 valence electrons. The van der Waals surface area contributed by atoms with Crippen molar-refractivity contribution in [3.8, 4) is 0 Å². The first kappa shape index (κ1) is 25.5. The van der Waals surface area contributed by atoms with Gasteiger partial charge in [0.15, 0.2) is 5.82 Å². The number of carboxylic acid groups (broad SMARTS) is 1. The Morgan fingerprint density at radius 3 is 2.46 bits per heavy atom. The molecule has 2 aromatic carbocycles. The minimum absolute atomic E-state index is 0.387. The van der Waals surface area contributed by atoms with E-state index in [1.807, 2.05) is 30.3 Å². The Balaban J connectivity index is 0.000000429. The lowest BCUT2D eigenvalue weighted by Crippen LogP contribution is -2.25. The number of hydroxylamine groups is 1. The number of benzene rings is 2. The highest BCUT2D eigenvalue weighted by atomic mass is 35.5. The third-order valence-electron chi connectivity index (χ3n) is 4.57. The van der Waals surface area contributed by atoms with Crippen LogP contribution in [0.4, 0.5) is 46.8 Å². The first-order valence-corrected chi connectivity index (χ1v) is 10.2. The van der Waals surface area contributed by atoms with Gasteiger partial charge in [0.05, 0.1) is 6.20 Å². The Morgan fingerprint density at radius 2 is 1.77 bits per heavy atom. The van der Waals surface area contributed by atoms with Crippen LogP contribution in [0.15, 0.2) is 48.7 Å². The molecule has 4 rings (SSSR count). The van der Waals surface area contributed by atoms with Gasteiger partial charge >= 0.3 is 18.2 Å². The Kier molecular flexibility index (Phi) is 7.94. The average molecular weight is 511 g/mol. The number of hydrogen-bond donors (Lipinski definition) is 6. The highest BCUT2D eigenvalue weighted by Crippen LogP contribution is 2.29. The number of aromatic nitrogens is 2. The molecule has 0 fully saturated rings. The zero-order valence-electron chi connectivity index (χ0n) is 17.7. The maximum Gasteiger partial charge on any atom is 0.490 e. The Morgan fingerprint density at radius 1 is 1.06 bits per heavy atom. The number of urea groups is 1. The van der Waals surface area contributed by atoms with Crippen molar-refractivity contribution in [3.63, 3.8) is 0 Å². The maximum absolute atomic E-state index is 11.5. The van der Waals surface area contributed by atoms with Crippen LogP contribution < -0.4 is 21.4 Å². The third kappa shape index (κ3) is 7.19. The van der Waals surface area contributed by atoms with Crippen molar-refractivity contribution < 1.29 is 33.1 Å². The highest BCUT2D eigenvalue weighted by molar-refractivity contribution is 6.32. The van der Waals surface area contributed by atoms with Crippen molar-refractivity contribution in [2.75, 3.05) is 16.0 Å². The van der Waals surface area contributed by atoms with Gasteiger partial charge in [-0.15, -0.1) is 0 Å². The summed E-state index contributed by atoms with van der Waals surface area (Å²) in [7, 11) is 0. The van der Waals surface area contributed by atoms with Crippen LogP contribution >= 0.6 is 11.6 Å². The number of nitrogens with one attached hydrogen (secondary N) is 4. The average Bonchev–Trinajstić information content (AvgIpc) is 2.81. The zero-order valence-corrected chi connectivity index (χ0v) is 18.4. The van der Waals surface area contributed by atoms with E-state index in [0.29, 0.717) is 28.9 Å². The molecule has 3 aromatic rings. The summed E-state index contributed by atoms with van der Waals surface area (Å²) in [6.45, 7) is 0. The van der Waals surface area contributed by atoms with E-state index in [-0.39, 0.29) is 0 Å². The van der Waals surface area contributed by atoms with Crippen LogP contribution in [0.5, 0.6) is 0 Å². The Hall–Kier alpha value is -4.10. The summed E-state index contributed by atoms with van der Waals surface area (Å²) in [6, 6.07) is 12.7. The summed E-state index contributed by atoms with van der Waals surface area (Å²) in [6.07, 6.45) is -2.12. The SMILES string of the molecule is O=C(NO)Nc1ccc2cc1CCc1cccc(c1)Nc1ncc(Cl)c(n1)N2.O=C(O)C(F)(F)F. The summed E-state index contributed by atoms with van der Waals surface area (Å²) < 4.78 is 31.7. The molecule has 1 aromatic heterocycles. The Bertz CT molecular complexity index is 1240. The fourth-order valence-electron chi connectivity index (χ4n) is 3.01. The van der Waals surface area contributed by atoms with E-state index >= 15 is 0 Å². The third-order valence-corrected chi connectivity index (χ3v) is 4.85. The number of fused-ring (bicyclic) bond motifs is 6. The van der Waals surface area contributed by atoms with Gasteiger partial charge < -0.3 is 21.1 Å². The Labute approximate surface area is 201 Å². The lowest BCUT2D eigenvalue weighted by Gasteiger charge is -2.14. The number of aryl methyl sites for hydroxylation is 2. The first-order valence-electron chi connectivity index (χ1n) is 9.85. The number of carbonyl (C=O) groups is 2. The van der Waals surface area contributed by atoms with Gasteiger partial charge in [0.2, 0.25) is 5.95 Å². The second-order valence-corrected chi connectivity index (χ2v) is 7.49. The van der Waals surface area contributed by atoms with Crippen molar-refractivity contribution >= 4 is 52.4 Å². The molecular formula is C21H18ClF3N6O4. The molecule has 0 spiro atoms. The number of rotatable bonds is 1. The van der Waals surface area contributed by atoms with E-state index in [9.17, 15) is 18.0 Å². The number of carboxylic acids is 1. The summed E-state index contributed by atoms with van der Waals surface area (Å²) in [4.78, 5) is 29.1. The predicted octanol–water partition coefficient (Wildman–Crippen LogP) is 4.86. The van der Waals surface area contributed by atoms with Crippen LogP contribution in [0.3, 0.4) is 0 Å². The first-order chi connectivity index (χ1) is 16.5. The molecule has 0 saturated heterocycles. The number of aliphatic carboxylic acids is 1. The van der Waals surface area contributed by atoms with E-state index in [1.54, 1.807) is 17.6 Å². The number of hydrogen-bond acceptors (Lipinski definition) is 7. The van der Waals surface area contributed by atoms with E-state index in [0.717, 1.165) is 28.9 Å².